The number of aryl methyl sites for hydroxylation is 1. The summed E-state index contributed by atoms with van der Waals surface area (Å²) < 4.78 is 11.8. The van der Waals surface area contributed by atoms with Gasteiger partial charge >= 0.3 is 0 Å². The van der Waals surface area contributed by atoms with Crippen LogP contribution in [0.1, 0.15) is 18.2 Å². The molecular weight excluding hydrogens is 394 g/mol. The Morgan fingerprint density at radius 1 is 1.31 bits per heavy atom. The van der Waals surface area contributed by atoms with E-state index in [0.29, 0.717) is 12.5 Å². The van der Waals surface area contributed by atoms with Gasteiger partial charge in [-0.15, -0.1) is 0 Å². The van der Waals surface area contributed by atoms with E-state index in [-0.39, 0.29) is 0 Å². The summed E-state index contributed by atoms with van der Waals surface area (Å²) in [4.78, 5) is 11.0. The molecule has 0 bridgehead atoms. The molecule has 6 heteroatoms. The molecule has 0 fully saturated rings. The third-order valence-corrected chi connectivity index (χ3v) is 4.29. The lowest BCUT2D eigenvalue weighted by Crippen LogP contribution is -2.14. The Balaban J connectivity index is 2.00. The number of halogens is 1. The van der Waals surface area contributed by atoms with Gasteiger partial charge in [-0.25, -0.2) is 9.98 Å². The number of hydrogen-bond acceptors (Lipinski definition) is 4. The second kappa shape index (κ2) is 9.97. The summed E-state index contributed by atoms with van der Waals surface area (Å²) in [5, 5.41) is 0. The minimum Gasteiger partial charge on any atom is -0.497 e. The first-order valence-electron chi connectivity index (χ1n) is 8.38. The summed E-state index contributed by atoms with van der Waals surface area (Å²) in [5.74, 6) is 1.39. The lowest BCUT2D eigenvalue weighted by atomic mass is 10.2. The van der Waals surface area contributed by atoms with E-state index < -0.39 is 0 Å². The van der Waals surface area contributed by atoms with Crippen molar-refractivity contribution in [3.05, 3.63) is 52.1 Å². The Morgan fingerprint density at radius 2 is 2.12 bits per heavy atom. The Kier molecular flexibility index (Phi) is 7.66. The number of methoxy groups -OCH3 is 1. The van der Waals surface area contributed by atoms with Crippen molar-refractivity contribution in [3.8, 4) is 11.6 Å². The highest BCUT2D eigenvalue weighted by Crippen LogP contribution is 2.29. The summed E-state index contributed by atoms with van der Waals surface area (Å²) in [5.41, 5.74) is 2.69. The SMILES string of the molecule is CCN(C)C=Nc1cc(Br)c(OCC=Cc2cccc(OC)c2)nc1C. The van der Waals surface area contributed by atoms with E-state index in [9.17, 15) is 0 Å². The van der Waals surface area contributed by atoms with Crippen LogP contribution in [0.5, 0.6) is 11.6 Å². The molecule has 2 aromatic rings. The molecule has 0 unspecified atom stereocenters. The number of aliphatic imine (C=N–C) groups is 1. The maximum Gasteiger partial charge on any atom is 0.228 e. The van der Waals surface area contributed by atoms with Gasteiger partial charge in [0.05, 0.1) is 29.3 Å². The fraction of sp³-hybridized carbons (Fsp3) is 0.300. The van der Waals surface area contributed by atoms with Crippen LogP contribution in [-0.2, 0) is 0 Å². The van der Waals surface area contributed by atoms with E-state index in [2.05, 4.69) is 32.8 Å². The van der Waals surface area contributed by atoms with E-state index in [1.807, 2.05) is 61.4 Å². The van der Waals surface area contributed by atoms with Crippen LogP contribution >= 0.6 is 15.9 Å². The van der Waals surface area contributed by atoms with Crippen LogP contribution in [0.15, 0.2) is 45.9 Å². The fourth-order valence-corrected chi connectivity index (χ4v) is 2.50. The number of benzene rings is 1. The third-order valence-electron chi connectivity index (χ3n) is 3.72. The van der Waals surface area contributed by atoms with E-state index in [1.165, 1.54) is 0 Å². The largest absolute Gasteiger partial charge is 0.497 e. The van der Waals surface area contributed by atoms with Crippen molar-refractivity contribution >= 4 is 34.0 Å². The normalized spacial score (nSPS) is 11.3. The molecule has 1 heterocycles. The second-order valence-electron chi connectivity index (χ2n) is 5.69. The van der Waals surface area contributed by atoms with Crippen LogP contribution in [-0.4, -0.2) is 43.5 Å². The fourth-order valence-electron chi connectivity index (χ4n) is 2.08. The molecule has 0 saturated carbocycles. The first-order valence-corrected chi connectivity index (χ1v) is 9.17. The number of pyridine rings is 1. The molecule has 0 atom stereocenters. The molecule has 0 aliphatic heterocycles. The van der Waals surface area contributed by atoms with Crippen LogP contribution in [0.2, 0.25) is 0 Å². The number of hydrogen-bond donors (Lipinski definition) is 0. The molecule has 5 nitrogen and oxygen atoms in total. The topological polar surface area (TPSA) is 47.0 Å². The number of ether oxygens (including phenoxy) is 2. The van der Waals surface area contributed by atoms with Gasteiger partial charge in [0.1, 0.15) is 12.4 Å². The zero-order valence-corrected chi connectivity index (χ0v) is 17.2. The maximum absolute atomic E-state index is 5.76. The summed E-state index contributed by atoms with van der Waals surface area (Å²) in [6.07, 6.45) is 5.73. The zero-order valence-electron chi connectivity index (χ0n) is 15.6. The first-order chi connectivity index (χ1) is 12.5. The molecule has 0 radical (unpaired) electrons. The van der Waals surface area contributed by atoms with Crippen molar-refractivity contribution < 1.29 is 9.47 Å². The molecule has 138 valence electrons. The van der Waals surface area contributed by atoms with E-state index in [1.54, 1.807) is 13.4 Å². The number of rotatable bonds is 8. The average molecular weight is 418 g/mol. The number of nitrogens with zero attached hydrogens (tertiary/aromatic N) is 3. The Hall–Kier alpha value is -2.34. The van der Waals surface area contributed by atoms with Gasteiger partial charge < -0.3 is 14.4 Å². The lowest BCUT2D eigenvalue weighted by molar-refractivity contribution is 0.346. The molecule has 0 aliphatic rings. The van der Waals surface area contributed by atoms with Gasteiger partial charge in [-0.3, -0.25) is 0 Å². The predicted octanol–water partition coefficient (Wildman–Crippen LogP) is 4.86. The van der Waals surface area contributed by atoms with Crippen LogP contribution in [0.4, 0.5) is 5.69 Å². The van der Waals surface area contributed by atoms with Crippen molar-refractivity contribution in [3.63, 3.8) is 0 Å². The second-order valence-corrected chi connectivity index (χ2v) is 6.54. The minimum atomic E-state index is 0.420. The van der Waals surface area contributed by atoms with Gasteiger partial charge in [0, 0.05) is 13.6 Å². The van der Waals surface area contributed by atoms with Crippen molar-refractivity contribution in [1.82, 2.24) is 9.88 Å². The summed E-state index contributed by atoms with van der Waals surface area (Å²) in [7, 11) is 3.64. The molecule has 26 heavy (non-hydrogen) atoms. The molecule has 0 spiro atoms. The molecule has 0 aliphatic carbocycles. The molecule has 2 rings (SSSR count). The molecule has 1 aromatic carbocycles. The lowest BCUT2D eigenvalue weighted by Gasteiger charge is -2.10. The zero-order chi connectivity index (χ0) is 18.9. The summed E-state index contributed by atoms with van der Waals surface area (Å²) in [6, 6.07) is 9.77. The molecule has 0 N–H and O–H groups in total. The van der Waals surface area contributed by atoms with Crippen LogP contribution < -0.4 is 9.47 Å². The van der Waals surface area contributed by atoms with E-state index in [4.69, 9.17) is 9.47 Å². The third kappa shape index (κ3) is 5.88. The van der Waals surface area contributed by atoms with Crippen LogP contribution in [0, 0.1) is 6.92 Å². The van der Waals surface area contributed by atoms with Gasteiger partial charge in [0.25, 0.3) is 0 Å². The van der Waals surface area contributed by atoms with Gasteiger partial charge in [-0.1, -0.05) is 18.2 Å². The van der Waals surface area contributed by atoms with E-state index in [0.717, 1.165) is 33.7 Å². The standard InChI is InChI=1S/C20H24BrN3O2/c1-5-24(3)14-22-19-13-18(21)20(23-15(19)2)26-11-7-9-16-8-6-10-17(12-16)25-4/h6-10,12-14H,5,11H2,1-4H3. The van der Waals surface area contributed by atoms with Gasteiger partial charge in [0.15, 0.2) is 0 Å². The predicted molar refractivity (Wildman–Crippen MR) is 111 cm³/mol. The highest BCUT2D eigenvalue weighted by Gasteiger charge is 2.07. The molecular formula is C20H24BrN3O2. The monoisotopic (exact) mass is 417 g/mol. The van der Waals surface area contributed by atoms with Gasteiger partial charge in [0.2, 0.25) is 5.88 Å². The van der Waals surface area contributed by atoms with Crippen molar-refractivity contribution in [2.24, 2.45) is 4.99 Å². The smallest absolute Gasteiger partial charge is 0.228 e. The van der Waals surface area contributed by atoms with Gasteiger partial charge in [-0.2, -0.15) is 0 Å². The van der Waals surface area contributed by atoms with Crippen molar-refractivity contribution in [1.29, 1.82) is 0 Å². The average Bonchev–Trinajstić information content (AvgIpc) is 2.66. The Morgan fingerprint density at radius 3 is 2.85 bits per heavy atom. The van der Waals surface area contributed by atoms with Gasteiger partial charge in [-0.05, 0) is 59.6 Å². The Bertz CT molecular complexity index is 791. The maximum atomic E-state index is 5.76. The van der Waals surface area contributed by atoms with E-state index >= 15 is 0 Å². The number of aromatic nitrogens is 1. The molecule has 1 aromatic heterocycles. The summed E-state index contributed by atoms with van der Waals surface area (Å²) >= 11 is 3.51. The highest BCUT2D eigenvalue weighted by atomic mass is 79.9. The van der Waals surface area contributed by atoms with Crippen molar-refractivity contribution in [2.45, 2.75) is 13.8 Å². The van der Waals surface area contributed by atoms with Crippen LogP contribution in [0.25, 0.3) is 6.08 Å². The minimum absolute atomic E-state index is 0.420. The molecule has 0 saturated heterocycles. The quantitative estimate of drug-likeness (QED) is 0.454. The Labute approximate surface area is 163 Å². The van der Waals surface area contributed by atoms with Crippen molar-refractivity contribution in [2.75, 3.05) is 27.3 Å². The highest BCUT2D eigenvalue weighted by molar-refractivity contribution is 9.10. The van der Waals surface area contributed by atoms with Crippen LogP contribution in [0.3, 0.4) is 0 Å². The summed E-state index contributed by atoms with van der Waals surface area (Å²) in [6.45, 7) is 5.31. The first kappa shape index (κ1) is 20.0. The molecule has 0 amide bonds.